The Labute approximate surface area is 88.7 Å². The molecule has 1 N–H and O–H groups in total. The van der Waals surface area contributed by atoms with E-state index in [1.165, 1.54) is 4.90 Å². The quantitative estimate of drug-likeness (QED) is 0.660. The molecule has 0 radical (unpaired) electrons. The molecule has 0 aliphatic carbocycles. The Hall–Kier alpha value is -1.17. The molecular weight excluding hydrogens is 198 g/mol. The fraction of sp³-hybridized carbons (Fsp3) is 0.889. The van der Waals surface area contributed by atoms with Crippen LogP contribution in [0.4, 0.5) is 4.79 Å². The molecule has 2 atom stereocenters. The summed E-state index contributed by atoms with van der Waals surface area (Å²) >= 11 is 0. The first-order valence-corrected chi connectivity index (χ1v) is 4.83. The van der Waals surface area contributed by atoms with Crippen LogP contribution < -0.4 is 0 Å². The SMILES string of the molecule is CC(C)(C)OC(=O)N1CC(O)C(N=[N-])C1. The molecule has 1 aliphatic rings. The minimum absolute atomic E-state index is 0.143. The lowest BCUT2D eigenvalue weighted by atomic mass is 10.2. The van der Waals surface area contributed by atoms with E-state index < -0.39 is 23.8 Å². The molecular formula is C9H16N3O3-. The lowest BCUT2D eigenvalue weighted by molar-refractivity contribution is 0.0270. The van der Waals surface area contributed by atoms with Gasteiger partial charge in [-0.1, -0.05) is 0 Å². The van der Waals surface area contributed by atoms with Crippen molar-refractivity contribution < 1.29 is 14.6 Å². The Balaban J connectivity index is 2.53. The van der Waals surface area contributed by atoms with Gasteiger partial charge >= 0.3 is 6.09 Å². The number of aliphatic hydroxyl groups is 1. The van der Waals surface area contributed by atoms with Crippen molar-refractivity contribution in [3.05, 3.63) is 5.53 Å². The second-order valence-electron chi connectivity index (χ2n) is 4.64. The van der Waals surface area contributed by atoms with Crippen LogP contribution in [0.5, 0.6) is 0 Å². The third-order valence-electron chi connectivity index (χ3n) is 2.06. The molecule has 1 fully saturated rings. The van der Waals surface area contributed by atoms with E-state index in [2.05, 4.69) is 5.11 Å². The molecule has 0 aromatic rings. The number of amides is 1. The fourth-order valence-electron chi connectivity index (χ4n) is 1.36. The van der Waals surface area contributed by atoms with Gasteiger partial charge in [0.15, 0.2) is 0 Å². The molecule has 86 valence electrons. The summed E-state index contributed by atoms with van der Waals surface area (Å²) in [5.74, 6) is 0. The van der Waals surface area contributed by atoms with Crippen molar-refractivity contribution in [3.63, 3.8) is 0 Å². The van der Waals surface area contributed by atoms with E-state index >= 15 is 0 Å². The highest BCUT2D eigenvalue weighted by Gasteiger charge is 2.34. The van der Waals surface area contributed by atoms with E-state index in [4.69, 9.17) is 10.3 Å². The standard InChI is InChI=1S/C9H16N3O3/c1-9(2,3)15-8(14)12-4-6(11-10)7(13)5-12/h6-7,13H,4-5H2,1-3H3/q-1. The van der Waals surface area contributed by atoms with E-state index in [1.54, 1.807) is 20.8 Å². The monoisotopic (exact) mass is 214 g/mol. The van der Waals surface area contributed by atoms with Gasteiger partial charge in [0.25, 0.3) is 0 Å². The summed E-state index contributed by atoms with van der Waals surface area (Å²) in [6.45, 7) is 5.64. The normalized spacial score (nSPS) is 26.5. The van der Waals surface area contributed by atoms with Crippen molar-refractivity contribution in [1.82, 2.24) is 4.90 Å². The average Bonchev–Trinajstić information content (AvgIpc) is 2.43. The van der Waals surface area contributed by atoms with E-state index in [1.807, 2.05) is 0 Å². The first-order valence-electron chi connectivity index (χ1n) is 4.83. The molecule has 0 aromatic carbocycles. The van der Waals surface area contributed by atoms with Crippen molar-refractivity contribution in [1.29, 1.82) is 0 Å². The molecule has 0 saturated carbocycles. The number of ether oxygens (including phenoxy) is 1. The van der Waals surface area contributed by atoms with E-state index in [9.17, 15) is 9.90 Å². The Kier molecular flexibility index (Phi) is 3.28. The molecule has 1 rings (SSSR count). The maximum Gasteiger partial charge on any atom is 0.410 e. The van der Waals surface area contributed by atoms with Gasteiger partial charge < -0.3 is 25.4 Å². The first-order chi connectivity index (χ1) is 6.83. The van der Waals surface area contributed by atoms with Gasteiger partial charge in [-0.25, -0.2) is 4.79 Å². The van der Waals surface area contributed by atoms with Gasteiger partial charge in [0.1, 0.15) is 5.60 Å². The largest absolute Gasteiger partial charge is 0.712 e. The third kappa shape index (κ3) is 3.16. The van der Waals surface area contributed by atoms with E-state index in [0.29, 0.717) is 0 Å². The van der Waals surface area contributed by atoms with Gasteiger partial charge in [0, 0.05) is 6.54 Å². The van der Waals surface area contributed by atoms with Crippen LogP contribution in [-0.4, -0.2) is 46.9 Å². The number of nitrogens with zero attached hydrogens (tertiary/aromatic N) is 3. The highest BCUT2D eigenvalue weighted by molar-refractivity contribution is 5.68. The smallest absolute Gasteiger partial charge is 0.410 e. The molecule has 6 nitrogen and oxygen atoms in total. The molecule has 0 aromatic heterocycles. The van der Waals surface area contributed by atoms with E-state index in [-0.39, 0.29) is 13.1 Å². The molecule has 1 heterocycles. The van der Waals surface area contributed by atoms with Crippen LogP contribution in [0.25, 0.3) is 5.53 Å². The number of hydrogen-bond acceptors (Lipinski definition) is 4. The summed E-state index contributed by atoms with van der Waals surface area (Å²) in [4.78, 5) is 12.9. The molecule has 0 bridgehead atoms. The van der Waals surface area contributed by atoms with Gasteiger partial charge in [0.2, 0.25) is 0 Å². The molecule has 1 aliphatic heterocycles. The van der Waals surface area contributed by atoms with Gasteiger partial charge in [-0.3, -0.25) is 0 Å². The Morgan fingerprint density at radius 2 is 2.13 bits per heavy atom. The van der Waals surface area contributed by atoms with Gasteiger partial charge in [-0.05, 0) is 20.8 Å². The molecule has 1 amide bonds. The number of β-amino-alcohol motifs (C(OH)–C–C–N with tert-alkyl or cyclic N) is 1. The summed E-state index contributed by atoms with van der Waals surface area (Å²) in [6.07, 6.45) is -1.31. The van der Waals surface area contributed by atoms with Crippen LogP contribution in [0.15, 0.2) is 5.11 Å². The van der Waals surface area contributed by atoms with Crippen molar-refractivity contribution >= 4 is 6.09 Å². The zero-order valence-electron chi connectivity index (χ0n) is 9.17. The summed E-state index contributed by atoms with van der Waals surface area (Å²) in [5, 5.41) is 12.4. The van der Waals surface area contributed by atoms with Crippen LogP contribution >= 0.6 is 0 Å². The second-order valence-corrected chi connectivity index (χ2v) is 4.64. The third-order valence-corrected chi connectivity index (χ3v) is 2.06. The Morgan fingerprint density at radius 3 is 2.53 bits per heavy atom. The molecule has 2 unspecified atom stereocenters. The second kappa shape index (κ2) is 4.14. The zero-order valence-corrected chi connectivity index (χ0v) is 9.17. The van der Waals surface area contributed by atoms with Crippen molar-refractivity contribution in [2.45, 2.75) is 38.5 Å². The lowest BCUT2D eigenvalue weighted by Crippen LogP contribution is -2.35. The molecule has 6 heteroatoms. The minimum atomic E-state index is -0.817. The number of hydrogen-bond donors (Lipinski definition) is 1. The number of carbonyl (C=O) groups is 1. The Bertz CT molecular complexity index is 262. The number of likely N-dealkylation sites (tertiary alicyclic amines) is 1. The average molecular weight is 214 g/mol. The summed E-state index contributed by atoms with van der Waals surface area (Å²) < 4.78 is 5.12. The number of aliphatic hydroxyl groups excluding tert-OH is 1. The Morgan fingerprint density at radius 1 is 1.53 bits per heavy atom. The van der Waals surface area contributed by atoms with Gasteiger partial charge in [0.05, 0.1) is 18.7 Å². The first kappa shape index (κ1) is 11.9. The van der Waals surface area contributed by atoms with Crippen LogP contribution in [0.1, 0.15) is 20.8 Å². The number of rotatable bonds is 1. The maximum atomic E-state index is 11.5. The molecule has 1 saturated heterocycles. The van der Waals surface area contributed by atoms with Crippen LogP contribution in [0.2, 0.25) is 0 Å². The highest BCUT2D eigenvalue weighted by atomic mass is 16.6. The van der Waals surface area contributed by atoms with Crippen LogP contribution in [-0.2, 0) is 4.74 Å². The molecule has 15 heavy (non-hydrogen) atoms. The summed E-state index contributed by atoms with van der Waals surface area (Å²) in [6, 6.07) is -0.627. The van der Waals surface area contributed by atoms with Gasteiger partial charge in [-0.15, -0.1) is 0 Å². The molecule has 0 spiro atoms. The van der Waals surface area contributed by atoms with Crippen molar-refractivity contribution in [2.24, 2.45) is 5.11 Å². The minimum Gasteiger partial charge on any atom is -0.712 e. The fourth-order valence-corrected chi connectivity index (χ4v) is 1.36. The predicted molar refractivity (Wildman–Crippen MR) is 53.4 cm³/mol. The van der Waals surface area contributed by atoms with Crippen molar-refractivity contribution in [3.8, 4) is 0 Å². The predicted octanol–water partition coefficient (Wildman–Crippen LogP) is 0.988. The highest BCUT2D eigenvalue weighted by Crippen LogP contribution is 2.17. The topological polar surface area (TPSA) is 84.4 Å². The maximum absolute atomic E-state index is 11.5. The van der Waals surface area contributed by atoms with Crippen molar-refractivity contribution in [2.75, 3.05) is 13.1 Å². The lowest BCUT2D eigenvalue weighted by Gasteiger charge is -2.24. The summed E-state index contributed by atoms with van der Waals surface area (Å²) in [7, 11) is 0. The zero-order chi connectivity index (χ0) is 11.6. The van der Waals surface area contributed by atoms with Crippen LogP contribution in [0, 0.1) is 0 Å². The number of carbonyl (C=O) groups excluding carboxylic acids is 1. The van der Waals surface area contributed by atoms with Crippen LogP contribution in [0.3, 0.4) is 0 Å². The van der Waals surface area contributed by atoms with E-state index in [0.717, 1.165) is 0 Å². The summed E-state index contributed by atoms with van der Waals surface area (Å²) in [5.41, 5.74) is 8.00. The van der Waals surface area contributed by atoms with Gasteiger partial charge in [-0.2, -0.15) is 0 Å².